The third-order valence-corrected chi connectivity index (χ3v) is 4.35. The van der Waals surface area contributed by atoms with Gasteiger partial charge in [-0.05, 0) is 25.1 Å². The molecule has 3 aromatic rings. The molecule has 0 fully saturated rings. The minimum Gasteiger partial charge on any atom is -0.493 e. The summed E-state index contributed by atoms with van der Waals surface area (Å²) in [4.78, 5) is 27.7. The highest BCUT2D eigenvalue weighted by molar-refractivity contribution is 6.10. The van der Waals surface area contributed by atoms with E-state index in [0.29, 0.717) is 11.3 Å². The number of carbonyl (C=O) groups is 2. The van der Waals surface area contributed by atoms with Gasteiger partial charge < -0.3 is 19.2 Å². The first-order valence-corrected chi connectivity index (χ1v) is 8.98. The monoisotopic (exact) mass is 415 g/mol. The van der Waals surface area contributed by atoms with E-state index in [-0.39, 0.29) is 22.8 Å². The average Bonchev–Trinajstić information content (AvgIpc) is 3.06. The molecule has 1 heterocycles. The van der Waals surface area contributed by atoms with Crippen molar-refractivity contribution in [2.45, 2.75) is 13.5 Å². The Kier molecular flexibility index (Phi) is 6.46. The number of ketones is 1. The number of carbonyl (C=O) groups excluding carboxylic acids is 2. The topological polar surface area (TPSA) is 77.6 Å². The SMILES string of the molecule is COc1cccc(/C=C/C(=O)OCC(=O)c2c(C)[nH]c3ccccc23)c1OC(F)F. The summed E-state index contributed by atoms with van der Waals surface area (Å²) in [6, 6.07) is 11.8. The van der Waals surface area contributed by atoms with Crippen LogP contribution in [0.15, 0.2) is 48.5 Å². The predicted molar refractivity (Wildman–Crippen MR) is 107 cm³/mol. The number of methoxy groups -OCH3 is 1. The molecule has 3 rings (SSSR count). The number of nitrogens with one attached hydrogen (secondary N) is 1. The second kappa shape index (κ2) is 9.21. The standard InChI is InChI=1S/C22H19F2NO5/c1-13-20(15-7-3-4-8-16(15)25-13)17(26)12-29-19(27)11-10-14-6-5-9-18(28-2)21(14)30-22(23)24/h3-11,22,25H,12H2,1-2H3/b11-10+. The summed E-state index contributed by atoms with van der Waals surface area (Å²) in [7, 11) is 1.31. The highest BCUT2D eigenvalue weighted by Gasteiger charge is 2.17. The van der Waals surface area contributed by atoms with Crippen molar-refractivity contribution in [3.8, 4) is 11.5 Å². The Morgan fingerprint density at radius 1 is 1.13 bits per heavy atom. The number of Topliss-reactive ketones (excluding diaryl/α,β-unsaturated/α-hetero) is 1. The Morgan fingerprint density at radius 3 is 2.63 bits per heavy atom. The highest BCUT2D eigenvalue weighted by Crippen LogP contribution is 2.33. The van der Waals surface area contributed by atoms with Gasteiger partial charge in [-0.1, -0.05) is 30.3 Å². The van der Waals surface area contributed by atoms with E-state index >= 15 is 0 Å². The van der Waals surface area contributed by atoms with Crippen LogP contribution in [-0.4, -0.2) is 37.1 Å². The van der Waals surface area contributed by atoms with Crippen LogP contribution in [0.5, 0.6) is 11.5 Å². The molecule has 0 saturated heterocycles. The maximum absolute atomic E-state index is 12.7. The zero-order valence-corrected chi connectivity index (χ0v) is 16.3. The van der Waals surface area contributed by atoms with Crippen LogP contribution in [0.4, 0.5) is 8.78 Å². The average molecular weight is 415 g/mol. The molecule has 0 unspecified atom stereocenters. The van der Waals surface area contributed by atoms with Gasteiger partial charge in [0.15, 0.2) is 18.1 Å². The number of aromatic amines is 1. The molecule has 0 atom stereocenters. The molecule has 30 heavy (non-hydrogen) atoms. The number of benzene rings is 2. The maximum Gasteiger partial charge on any atom is 0.387 e. The highest BCUT2D eigenvalue weighted by atomic mass is 19.3. The zero-order valence-electron chi connectivity index (χ0n) is 16.3. The number of H-pyrrole nitrogens is 1. The van der Waals surface area contributed by atoms with E-state index in [1.54, 1.807) is 19.1 Å². The van der Waals surface area contributed by atoms with Crippen molar-refractivity contribution in [2.75, 3.05) is 13.7 Å². The van der Waals surface area contributed by atoms with Crippen molar-refractivity contribution in [3.05, 3.63) is 65.4 Å². The molecule has 0 radical (unpaired) electrons. The Bertz CT molecular complexity index is 1100. The lowest BCUT2D eigenvalue weighted by Gasteiger charge is -2.12. The molecule has 0 amide bonds. The van der Waals surface area contributed by atoms with Gasteiger partial charge in [0.05, 0.1) is 7.11 Å². The maximum atomic E-state index is 12.7. The molecule has 6 nitrogen and oxygen atoms in total. The van der Waals surface area contributed by atoms with Crippen molar-refractivity contribution in [1.82, 2.24) is 4.98 Å². The number of hydrogen-bond acceptors (Lipinski definition) is 5. The summed E-state index contributed by atoms with van der Waals surface area (Å²) >= 11 is 0. The zero-order chi connectivity index (χ0) is 21.7. The normalized spacial score (nSPS) is 11.2. The second-order valence-corrected chi connectivity index (χ2v) is 6.29. The summed E-state index contributed by atoms with van der Waals surface area (Å²) in [6.07, 6.45) is 2.28. The molecule has 156 valence electrons. The molecule has 0 aliphatic rings. The number of ether oxygens (including phenoxy) is 3. The molecule has 2 aromatic carbocycles. The molecular formula is C22H19F2NO5. The first-order chi connectivity index (χ1) is 14.4. The van der Waals surface area contributed by atoms with Gasteiger partial charge in [-0.3, -0.25) is 4.79 Å². The van der Waals surface area contributed by atoms with Gasteiger partial charge in [0.2, 0.25) is 5.78 Å². The number of hydrogen-bond donors (Lipinski definition) is 1. The van der Waals surface area contributed by atoms with E-state index in [9.17, 15) is 18.4 Å². The fourth-order valence-corrected chi connectivity index (χ4v) is 3.09. The van der Waals surface area contributed by atoms with E-state index in [1.807, 2.05) is 18.2 Å². The van der Waals surface area contributed by atoms with Crippen LogP contribution < -0.4 is 9.47 Å². The molecule has 0 bridgehead atoms. The fraction of sp³-hybridized carbons (Fsp3) is 0.182. The minimum absolute atomic E-state index is 0.0933. The summed E-state index contributed by atoms with van der Waals surface area (Å²) < 4.78 is 39.8. The van der Waals surface area contributed by atoms with E-state index in [4.69, 9.17) is 9.47 Å². The summed E-state index contributed by atoms with van der Waals surface area (Å²) in [5.41, 5.74) is 2.15. The first kappa shape index (κ1) is 21.0. The van der Waals surface area contributed by atoms with Gasteiger partial charge in [-0.25, -0.2) is 4.79 Å². The molecule has 0 spiro atoms. The van der Waals surface area contributed by atoms with Crippen molar-refractivity contribution in [1.29, 1.82) is 0 Å². The Morgan fingerprint density at radius 2 is 1.90 bits per heavy atom. The number of esters is 1. The number of rotatable bonds is 8. The van der Waals surface area contributed by atoms with Gasteiger partial charge in [0.25, 0.3) is 0 Å². The van der Waals surface area contributed by atoms with E-state index in [1.165, 1.54) is 25.3 Å². The lowest BCUT2D eigenvalue weighted by atomic mass is 10.1. The number of aromatic nitrogens is 1. The number of alkyl halides is 2. The third kappa shape index (κ3) is 4.65. The molecule has 1 N–H and O–H groups in total. The second-order valence-electron chi connectivity index (χ2n) is 6.29. The number of halogens is 2. The third-order valence-electron chi connectivity index (χ3n) is 4.35. The summed E-state index contributed by atoms with van der Waals surface area (Å²) in [6.45, 7) is -1.75. The van der Waals surface area contributed by atoms with Crippen molar-refractivity contribution in [3.63, 3.8) is 0 Å². The van der Waals surface area contributed by atoms with Crippen LogP contribution in [0.3, 0.4) is 0 Å². The van der Waals surface area contributed by atoms with E-state index < -0.39 is 19.2 Å². The molecule has 0 aliphatic carbocycles. The Balaban J connectivity index is 1.70. The summed E-state index contributed by atoms with van der Waals surface area (Å²) in [5, 5.41) is 0.747. The van der Waals surface area contributed by atoms with Gasteiger partial charge >= 0.3 is 12.6 Å². The van der Waals surface area contributed by atoms with Crippen LogP contribution in [0.25, 0.3) is 17.0 Å². The number of fused-ring (bicyclic) bond motifs is 1. The van der Waals surface area contributed by atoms with Crippen molar-refractivity contribution >= 4 is 28.7 Å². The van der Waals surface area contributed by atoms with Crippen LogP contribution in [-0.2, 0) is 9.53 Å². The van der Waals surface area contributed by atoms with Gasteiger partial charge in [-0.15, -0.1) is 0 Å². The van der Waals surface area contributed by atoms with Gasteiger partial charge in [0, 0.05) is 33.8 Å². The Labute approximate surface area is 171 Å². The predicted octanol–water partition coefficient (Wildman–Crippen LogP) is 4.53. The van der Waals surface area contributed by atoms with Crippen LogP contribution in [0.1, 0.15) is 21.6 Å². The molecule has 1 aromatic heterocycles. The molecule has 0 aliphatic heterocycles. The lowest BCUT2D eigenvalue weighted by molar-refractivity contribution is -0.136. The quantitative estimate of drug-likeness (QED) is 0.332. The smallest absolute Gasteiger partial charge is 0.387 e. The van der Waals surface area contributed by atoms with Gasteiger partial charge in [0.1, 0.15) is 0 Å². The van der Waals surface area contributed by atoms with E-state index in [0.717, 1.165) is 17.0 Å². The minimum atomic E-state index is -3.06. The van der Waals surface area contributed by atoms with Crippen LogP contribution in [0.2, 0.25) is 0 Å². The molecule has 8 heteroatoms. The molecular weight excluding hydrogens is 396 g/mol. The largest absolute Gasteiger partial charge is 0.493 e. The van der Waals surface area contributed by atoms with Crippen LogP contribution >= 0.6 is 0 Å². The van der Waals surface area contributed by atoms with Gasteiger partial charge in [-0.2, -0.15) is 8.78 Å². The van der Waals surface area contributed by atoms with Crippen LogP contribution in [0, 0.1) is 6.92 Å². The number of para-hydroxylation sites is 2. The number of aryl methyl sites for hydroxylation is 1. The Hall–Kier alpha value is -3.68. The fourth-order valence-electron chi connectivity index (χ4n) is 3.09. The van der Waals surface area contributed by atoms with E-state index in [2.05, 4.69) is 9.72 Å². The first-order valence-electron chi connectivity index (χ1n) is 8.98. The lowest BCUT2D eigenvalue weighted by Crippen LogP contribution is -2.13. The van der Waals surface area contributed by atoms with Crippen molar-refractivity contribution in [2.24, 2.45) is 0 Å². The van der Waals surface area contributed by atoms with Crippen molar-refractivity contribution < 1.29 is 32.6 Å². The molecule has 0 saturated carbocycles. The summed E-state index contributed by atoms with van der Waals surface area (Å²) in [5.74, 6) is -1.26.